The van der Waals surface area contributed by atoms with Gasteiger partial charge in [-0.2, -0.15) is 0 Å². The molecule has 1 N–H and O–H groups in total. The average Bonchev–Trinajstić information content (AvgIpc) is 2.36. The van der Waals surface area contributed by atoms with E-state index in [-0.39, 0.29) is 17.9 Å². The van der Waals surface area contributed by atoms with E-state index in [0.29, 0.717) is 5.92 Å². The molecule has 3 heteroatoms. The molecule has 1 aliphatic rings. The van der Waals surface area contributed by atoms with E-state index in [1.807, 2.05) is 6.92 Å². The Balaban J connectivity index is 2.23. The molecule has 3 nitrogen and oxygen atoms in total. The van der Waals surface area contributed by atoms with Crippen molar-refractivity contribution < 1.29 is 14.6 Å². The number of carboxylic acid groups (broad SMARTS) is 1. The monoisotopic (exact) mass is 276 g/mol. The second-order valence-corrected chi connectivity index (χ2v) is 6.48. The Labute approximate surface area is 121 Å². The number of rotatable bonds is 4. The predicted molar refractivity (Wildman–Crippen MR) is 78.9 cm³/mol. The van der Waals surface area contributed by atoms with Crippen molar-refractivity contribution in [2.24, 2.45) is 5.92 Å². The molecule has 20 heavy (non-hydrogen) atoms. The van der Waals surface area contributed by atoms with Gasteiger partial charge in [0.15, 0.2) is 0 Å². The van der Waals surface area contributed by atoms with Crippen LogP contribution in [0.2, 0.25) is 0 Å². The molecule has 2 rings (SSSR count). The van der Waals surface area contributed by atoms with Crippen LogP contribution in [0.5, 0.6) is 0 Å². The predicted octanol–water partition coefficient (Wildman–Crippen LogP) is 3.76. The third-order valence-corrected chi connectivity index (χ3v) is 4.20. The van der Waals surface area contributed by atoms with E-state index in [1.54, 1.807) is 0 Å². The molecule has 0 aliphatic carbocycles. The summed E-state index contributed by atoms with van der Waals surface area (Å²) in [5.74, 6) is -0.270. The van der Waals surface area contributed by atoms with Gasteiger partial charge in [0.25, 0.3) is 0 Å². The van der Waals surface area contributed by atoms with Crippen LogP contribution in [0.1, 0.15) is 50.2 Å². The zero-order chi connectivity index (χ0) is 14.8. The third-order valence-electron chi connectivity index (χ3n) is 4.20. The highest BCUT2D eigenvalue weighted by Crippen LogP contribution is 2.40. The molecule has 1 aromatic rings. The minimum Gasteiger partial charge on any atom is -0.481 e. The summed E-state index contributed by atoms with van der Waals surface area (Å²) < 4.78 is 5.76. The number of hydrogen-bond acceptors (Lipinski definition) is 2. The number of benzene rings is 1. The first kappa shape index (κ1) is 15.0. The Morgan fingerprint density at radius 1 is 1.40 bits per heavy atom. The van der Waals surface area contributed by atoms with Crippen molar-refractivity contribution in [2.75, 3.05) is 6.61 Å². The number of aliphatic carboxylic acids is 1. The smallest absolute Gasteiger partial charge is 0.303 e. The lowest BCUT2D eigenvalue weighted by molar-refractivity contribution is -0.138. The van der Waals surface area contributed by atoms with Crippen molar-refractivity contribution >= 4 is 5.97 Å². The van der Waals surface area contributed by atoms with Crippen LogP contribution in [0.25, 0.3) is 0 Å². The van der Waals surface area contributed by atoms with Gasteiger partial charge in [0.2, 0.25) is 0 Å². The van der Waals surface area contributed by atoms with E-state index >= 15 is 0 Å². The largest absolute Gasteiger partial charge is 0.481 e. The number of hydrogen-bond donors (Lipinski definition) is 1. The van der Waals surface area contributed by atoms with Crippen LogP contribution in [0, 0.1) is 12.8 Å². The maximum Gasteiger partial charge on any atom is 0.303 e. The first-order valence-corrected chi connectivity index (χ1v) is 7.30. The van der Waals surface area contributed by atoms with E-state index in [1.165, 1.54) is 5.56 Å². The number of ether oxygens (including phenoxy) is 1. The van der Waals surface area contributed by atoms with Crippen LogP contribution >= 0.6 is 0 Å². The van der Waals surface area contributed by atoms with E-state index in [0.717, 1.165) is 25.0 Å². The van der Waals surface area contributed by atoms with E-state index in [4.69, 9.17) is 4.74 Å². The molecule has 1 fully saturated rings. The van der Waals surface area contributed by atoms with Crippen molar-refractivity contribution in [3.05, 3.63) is 35.4 Å². The Bertz CT molecular complexity index is 462. The molecule has 0 radical (unpaired) electrons. The van der Waals surface area contributed by atoms with Gasteiger partial charge in [0.05, 0.1) is 12.0 Å². The Kier molecular flexibility index (Phi) is 4.48. The van der Waals surface area contributed by atoms with Crippen molar-refractivity contribution in [3.63, 3.8) is 0 Å². The quantitative estimate of drug-likeness (QED) is 0.910. The lowest BCUT2D eigenvalue weighted by Crippen LogP contribution is -2.36. The molecule has 1 aliphatic heterocycles. The molecule has 0 bridgehead atoms. The first-order valence-electron chi connectivity index (χ1n) is 7.30. The fourth-order valence-corrected chi connectivity index (χ4v) is 3.18. The summed E-state index contributed by atoms with van der Waals surface area (Å²) in [6, 6.07) is 8.28. The van der Waals surface area contributed by atoms with Gasteiger partial charge in [-0.3, -0.25) is 4.79 Å². The van der Waals surface area contributed by atoms with E-state index < -0.39 is 5.97 Å². The SMILES string of the molecule is Cc1ccc([C@@H](CC(=O)O)[C@H]2CCOC(C)(C)C2)cc1. The summed E-state index contributed by atoms with van der Waals surface area (Å²) in [6.45, 7) is 6.95. The second kappa shape index (κ2) is 5.96. The molecule has 0 aromatic heterocycles. The van der Waals surface area contributed by atoms with Crippen molar-refractivity contribution in [1.82, 2.24) is 0 Å². The van der Waals surface area contributed by atoms with Gasteiger partial charge in [-0.05, 0) is 51.0 Å². The highest BCUT2D eigenvalue weighted by atomic mass is 16.5. The molecule has 0 amide bonds. The van der Waals surface area contributed by atoms with Crippen LogP contribution < -0.4 is 0 Å². The fourth-order valence-electron chi connectivity index (χ4n) is 3.18. The van der Waals surface area contributed by atoms with Crippen LogP contribution in [0.4, 0.5) is 0 Å². The maximum atomic E-state index is 11.2. The second-order valence-electron chi connectivity index (χ2n) is 6.48. The standard InChI is InChI=1S/C17H24O3/c1-12-4-6-13(7-5-12)15(10-16(18)19)14-8-9-20-17(2,3)11-14/h4-7,14-15H,8-11H2,1-3H3,(H,18,19)/t14-,15+/m0/s1. The summed E-state index contributed by atoms with van der Waals surface area (Å²) in [5.41, 5.74) is 2.19. The summed E-state index contributed by atoms with van der Waals surface area (Å²) in [5, 5.41) is 9.23. The van der Waals surface area contributed by atoms with Gasteiger partial charge >= 0.3 is 5.97 Å². The van der Waals surface area contributed by atoms with Gasteiger partial charge < -0.3 is 9.84 Å². The Morgan fingerprint density at radius 3 is 2.60 bits per heavy atom. The topological polar surface area (TPSA) is 46.5 Å². The minimum atomic E-state index is -0.722. The normalized spacial score (nSPS) is 23.2. The van der Waals surface area contributed by atoms with Crippen LogP contribution in [-0.4, -0.2) is 23.3 Å². The zero-order valence-electron chi connectivity index (χ0n) is 12.6. The third kappa shape index (κ3) is 3.83. The molecule has 2 atom stereocenters. The molecular formula is C17H24O3. The summed E-state index contributed by atoms with van der Waals surface area (Å²) in [4.78, 5) is 11.2. The molecular weight excluding hydrogens is 252 g/mol. The molecule has 0 unspecified atom stereocenters. The lowest BCUT2D eigenvalue weighted by Gasteiger charge is -2.39. The van der Waals surface area contributed by atoms with Crippen LogP contribution in [-0.2, 0) is 9.53 Å². The van der Waals surface area contributed by atoms with E-state index in [2.05, 4.69) is 38.1 Å². The zero-order valence-corrected chi connectivity index (χ0v) is 12.6. The molecule has 0 spiro atoms. The minimum absolute atomic E-state index is 0.0799. The van der Waals surface area contributed by atoms with Gasteiger partial charge in [0, 0.05) is 6.61 Å². The fraction of sp³-hybridized carbons (Fsp3) is 0.588. The van der Waals surface area contributed by atoms with Crippen LogP contribution in [0.15, 0.2) is 24.3 Å². The van der Waals surface area contributed by atoms with Crippen molar-refractivity contribution in [1.29, 1.82) is 0 Å². The molecule has 1 aromatic carbocycles. The highest BCUT2D eigenvalue weighted by molar-refractivity contribution is 5.68. The molecule has 1 heterocycles. The average molecular weight is 276 g/mol. The number of aryl methyl sites for hydroxylation is 1. The van der Waals surface area contributed by atoms with Gasteiger partial charge in [-0.15, -0.1) is 0 Å². The van der Waals surface area contributed by atoms with Crippen molar-refractivity contribution in [3.8, 4) is 0 Å². The molecule has 110 valence electrons. The van der Waals surface area contributed by atoms with Gasteiger partial charge in [-0.1, -0.05) is 29.8 Å². The Hall–Kier alpha value is -1.35. The van der Waals surface area contributed by atoms with Gasteiger partial charge in [-0.25, -0.2) is 0 Å². The maximum absolute atomic E-state index is 11.2. The van der Waals surface area contributed by atoms with Gasteiger partial charge in [0.1, 0.15) is 0 Å². The molecule has 1 saturated heterocycles. The first-order chi connectivity index (χ1) is 9.37. The summed E-state index contributed by atoms with van der Waals surface area (Å²) >= 11 is 0. The molecule has 0 saturated carbocycles. The lowest BCUT2D eigenvalue weighted by atomic mass is 9.75. The van der Waals surface area contributed by atoms with Crippen molar-refractivity contribution in [2.45, 2.75) is 51.6 Å². The van der Waals surface area contributed by atoms with E-state index in [9.17, 15) is 9.90 Å². The highest BCUT2D eigenvalue weighted by Gasteiger charge is 2.35. The van der Waals surface area contributed by atoms with Crippen LogP contribution in [0.3, 0.4) is 0 Å². The Morgan fingerprint density at radius 2 is 2.05 bits per heavy atom. The number of carbonyl (C=O) groups is 1. The number of carboxylic acids is 1. The summed E-state index contributed by atoms with van der Waals surface area (Å²) in [7, 11) is 0. The summed E-state index contributed by atoms with van der Waals surface area (Å²) in [6.07, 6.45) is 2.05.